The Morgan fingerprint density at radius 3 is 1.61 bits per heavy atom. The SMILES string of the molecule is C/C(O)=C\C=C(/C)C1(/C(C)=C/C=C(\C)O)CC(C)CC(C)(C)C1. The monoisotopic (exact) mass is 318 g/mol. The smallest absolute Gasteiger partial charge is 0.0891 e. The molecule has 1 atom stereocenters. The highest BCUT2D eigenvalue weighted by Gasteiger charge is 2.44. The van der Waals surface area contributed by atoms with Crippen LogP contribution >= 0.6 is 0 Å². The lowest BCUT2D eigenvalue weighted by Crippen LogP contribution is -2.38. The quantitative estimate of drug-likeness (QED) is 0.451. The zero-order valence-corrected chi connectivity index (χ0v) is 15.9. The number of aliphatic hydroxyl groups excluding tert-OH is 2. The third kappa shape index (κ3) is 5.30. The van der Waals surface area contributed by atoms with Gasteiger partial charge in [-0.2, -0.15) is 0 Å². The van der Waals surface area contributed by atoms with E-state index in [2.05, 4.69) is 46.8 Å². The van der Waals surface area contributed by atoms with Crippen molar-refractivity contribution < 1.29 is 10.2 Å². The highest BCUT2D eigenvalue weighted by molar-refractivity contribution is 5.34. The maximum atomic E-state index is 9.51. The predicted octanol–water partition coefficient (Wildman–Crippen LogP) is 6.64. The summed E-state index contributed by atoms with van der Waals surface area (Å²) < 4.78 is 0. The molecule has 0 aromatic rings. The van der Waals surface area contributed by atoms with E-state index in [4.69, 9.17) is 0 Å². The van der Waals surface area contributed by atoms with E-state index >= 15 is 0 Å². The number of hydrogen-bond acceptors (Lipinski definition) is 2. The third-order valence-electron chi connectivity index (χ3n) is 5.04. The van der Waals surface area contributed by atoms with Gasteiger partial charge in [0.1, 0.15) is 0 Å². The summed E-state index contributed by atoms with van der Waals surface area (Å²) in [5.74, 6) is 1.30. The van der Waals surface area contributed by atoms with Gasteiger partial charge in [-0.05, 0) is 70.4 Å². The summed E-state index contributed by atoms with van der Waals surface area (Å²) >= 11 is 0. The summed E-state index contributed by atoms with van der Waals surface area (Å²) in [5.41, 5.74) is 2.82. The van der Waals surface area contributed by atoms with Crippen LogP contribution in [-0.2, 0) is 0 Å². The van der Waals surface area contributed by atoms with Gasteiger partial charge in [-0.3, -0.25) is 0 Å². The lowest BCUT2D eigenvalue weighted by Gasteiger charge is -2.49. The van der Waals surface area contributed by atoms with Gasteiger partial charge in [0.05, 0.1) is 11.5 Å². The van der Waals surface area contributed by atoms with Crippen LogP contribution in [0.1, 0.15) is 67.7 Å². The van der Waals surface area contributed by atoms with Crippen molar-refractivity contribution in [3.8, 4) is 0 Å². The lowest BCUT2D eigenvalue weighted by atomic mass is 9.55. The molecule has 1 aliphatic carbocycles. The second-order valence-corrected chi connectivity index (χ2v) is 8.25. The summed E-state index contributed by atoms with van der Waals surface area (Å²) in [4.78, 5) is 0. The standard InChI is InChI=1S/C21H34O2/c1-15-12-20(6,7)14-21(13-15,16(2)8-10-18(4)22)17(3)9-11-19(5)23/h8-11,15,22-23H,12-14H2,1-7H3/b16-8+,17-9+,18-10+,19-11+. The van der Waals surface area contributed by atoms with Crippen LogP contribution in [-0.4, -0.2) is 10.2 Å². The van der Waals surface area contributed by atoms with Crippen LogP contribution in [0.5, 0.6) is 0 Å². The number of hydrogen-bond donors (Lipinski definition) is 2. The van der Waals surface area contributed by atoms with E-state index in [1.165, 1.54) is 17.6 Å². The van der Waals surface area contributed by atoms with Crippen molar-refractivity contribution in [3.05, 3.63) is 47.0 Å². The normalized spacial score (nSPS) is 30.5. The predicted molar refractivity (Wildman–Crippen MR) is 99.5 cm³/mol. The fourth-order valence-corrected chi connectivity index (χ4v) is 4.29. The summed E-state index contributed by atoms with van der Waals surface area (Å²) in [6.07, 6.45) is 11.1. The zero-order valence-electron chi connectivity index (χ0n) is 15.9. The zero-order chi connectivity index (χ0) is 17.8. The second-order valence-electron chi connectivity index (χ2n) is 8.25. The minimum atomic E-state index is -0.0148. The van der Waals surface area contributed by atoms with E-state index < -0.39 is 0 Å². The van der Waals surface area contributed by atoms with Crippen LogP contribution in [0.15, 0.2) is 47.0 Å². The largest absolute Gasteiger partial charge is 0.513 e. The van der Waals surface area contributed by atoms with E-state index in [0.29, 0.717) is 17.4 Å². The third-order valence-corrected chi connectivity index (χ3v) is 5.04. The van der Waals surface area contributed by atoms with Crippen LogP contribution in [0.4, 0.5) is 0 Å². The van der Waals surface area contributed by atoms with E-state index in [-0.39, 0.29) is 10.8 Å². The molecule has 2 N–H and O–H groups in total. The van der Waals surface area contributed by atoms with Gasteiger partial charge < -0.3 is 10.2 Å². The van der Waals surface area contributed by atoms with E-state index in [1.54, 1.807) is 26.0 Å². The molecule has 1 saturated carbocycles. The topological polar surface area (TPSA) is 40.5 Å². The molecular weight excluding hydrogens is 284 g/mol. The van der Waals surface area contributed by atoms with Crippen molar-refractivity contribution in [1.29, 1.82) is 0 Å². The summed E-state index contributed by atoms with van der Waals surface area (Å²) in [6.45, 7) is 14.8. The fraction of sp³-hybridized carbons (Fsp3) is 0.619. The van der Waals surface area contributed by atoms with Crippen molar-refractivity contribution in [3.63, 3.8) is 0 Å². The summed E-state index contributed by atoms with van der Waals surface area (Å²) in [5, 5.41) is 19.0. The number of allylic oxidation sites excluding steroid dienone is 8. The van der Waals surface area contributed by atoms with Gasteiger partial charge in [-0.25, -0.2) is 0 Å². The molecule has 0 heterocycles. The van der Waals surface area contributed by atoms with Crippen molar-refractivity contribution in [1.82, 2.24) is 0 Å². The Morgan fingerprint density at radius 1 is 0.826 bits per heavy atom. The molecule has 0 aromatic heterocycles. The van der Waals surface area contributed by atoms with Crippen LogP contribution in [0.3, 0.4) is 0 Å². The molecule has 2 nitrogen and oxygen atoms in total. The highest BCUT2D eigenvalue weighted by Crippen LogP contribution is 2.55. The molecule has 1 fully saturated rings. The molecule has 0 bridgehead atoms. The molecule has 0 amide bonds. The maximum Gasteiger partial charge on any atom is 0.0891 e. The van der Waals surface area contributed by atoms with Crippen molar-refractivity contribution in [2.75, 3.05) is 0 Å². The van der Waals surface area contributed by atoms with Crippen molar-refractivity contribution in [2.24, 2.45) is 16.7 Å². The molecule has 1 unspecified atom stereocenters. The Bertz CT molecular complexity index is 502. The minimum Gasteiger partial charge on any atom is -0.513 e. The number of aliphatic hydroxyl groups is 2. The van der Waals surface area contributed by atoms with Gasteiger partial charge in [0.2, 0.25) is 0 Å². The Morgan fingerprint density at radius 2 is 1.26 bits per heavy atom. The molecule has 1 rings (SSSR count). The maximum absolute atomic E-state index is 9.51. The Labute approximate surface area is 142 Å². The Kier molecular flexibility index (Phi) is 6.33. The molecule has 0 saturated heterocycles. The molecule has 130 valence electrons. The molecule has 0 aliphatic heterocycles. The van der Waals surface area contributed by atoms with Gasteiger partial charge in [-0.15, -0.1) is 0 Å². The Balaban J connectivity index is 3.42. The van der Waals surface area contributed by atoms with Gasteiger partial charge in [0.15, 0.2) is 0 Å². The number of rotatable bonds is 4. The van der Waals surface area contributed by atoms with Crippen molar-refractivity contribution >= 4 is 0 Å². The molecule has 0 radical (unpaired) electrons. The van der Waals surface area contributed by atoms with Gasteiger partial charge in [-0.1, -0.05) is 44.1 Å². The van der Waals surface area contributed by atoms with Crippen LogP contribution in [0, 0.1) is 16.7 Å². The molecule has 23 heavy (non-hydrogen) atoms. The average Bonchev–Trinajstić information content (AvgIpc) is 2.39. The Hall–Kier alpha value is -1.44. The van der Waals surface area contributed by atoms with E-state index in [0.717, 1.165) is 12.8 Å². The van der Waals surface area contributed by atoms with E-state index in [9.17, 15) is 10.2 Å². The molecule has 1 aliphatic rings. The first-order chi connectivity index (χ1) is 10.5. The second kappa shape index (κ2) is 7.42. The molecule has 2 heteroatoms. The van der Waals surface area contributed by atoms with E-state index in [1.807, 2.05) is 0 Å². The minimum absolute atomic E-state index is 0.0148. The fourth-order valence-electron chi connectivity index (χ4n) is 4.29. The van der Waals surface area contributed by atoms with Gasteiger partial charge >= 0.3 is 0 Å². The highest BCUT2D eigenvalue weighted by atomic mass is 16.3. The van der Waals surface area contributed by atoms with Crippen LogP contribution < -0.4 is 0 Å². The first kappa shape index (κ1) is 19.6. The summed E-state index contributed by atoms with van der Waals surface area (Å²) in [7, 11) is 0. The first-order valence-corrected chi connectivity index (χ1v) is 8.58. The van der Waals surface area contributed by atoms with Crippen LogP contribution in [0.2, 0.25) is 0 Å². The average molecular weight is 319 g/mol. The van der Waals surface area contributed by atoms with Crippen molar-refractivity contribution in [2.45, 2.75) is 67.7 Å². The molecule has 0 aromatic carbocycles. The van der Waals surface area contributed by atoms with Gasteiger partial charge in [0.25, 0.3) is 0 Å². The van der Waals surface area contributed by atoms with Crippen LogP contribution in [0.25, 0.3) is 0 Å². The molecular formula is C21H34O2. The summed E-state index contributed by atoms with van der Waals surface area (Å²) in [6, 6.07) is 0. The molecule has 0 spiro atoms. The first-order valence-electron chi connectivity index (χ1n) is 8.58. The lowest BCUT2D eigenvalue weighted by molar-refractivity contribution is 0.0988. The van der Waals surface area contributed by atoms with Gasteiger partial charge in [0, 0.05) is 5.41 Å².